The van der Waals surface area contributed by atoms with Gasteiger partial charge in [0.15, 0.2) is 6.61 Å². The molecule has 0 bridgehead atoms. The van der Waals surface area contributed by atoms with E-state index in [0.29, 0.717) is 22.9 Å². The van der Waals surface area contributed by atoms with Crippen molar-refractivity contribution in [1.29, 1.82) is 0 Å². The quantitative estimate of drug-likeness (QED) is 0.444. The van der Waals surface area contributed by atoms with Crippen molar-refractivity contribution in [3.63, 3.8) is 0 Å². The molecule has 1 aromatic carbocycles. The van der Waals surface area contributed by atoms with Crippen LogP contribution in [0.4, 0.5) is 5.69 Å². The predicted molar refractivity (Wildman–Crippen MR) is 94.8 cm³/mol. The maximum Gasteiger partial charge on any atom is 0.265 e. The zero-order valence-corrected chi connectivity index (χ0v) is 14.8. The second-order valence-electron chi connectivity index (χ2n) is 4.79. The highest BCUT2D eigenvalue weighted by atomic mass is 35.5. The van der Waals surface area contributed by atoms with Gasteiger partial charge >= 0.3 is 0 Å². The molecule has 1 amide bonds. The van der Waals surface area contributed by atoms with Gasteiger partial charge in [-0.1, -0.05) is 16.8 Å². The number of nitrogens with one attached hydrogen (secondary N) is 1. The van der Waals surface area contributed by atoms with Crippen LogP contribution in [0.15, 0.2) is 28.7 Å². The smallest absolute Gasteiger partial charge is 0.265 e. The molecule has 0 fully saturated rings. The topological polar surface area (TPSA) is 98.8 Å². The number of aromatic nitrogens is 1. The van der Waals surface area contributed by atoms with Crippen LogP contribution in [0.25, 0.3) is 0 Å². The van der Waals surface area contributed by atoms with Crippen LogP contribution in [0.1, 0.15) is 10.7 Å². The second-order valence-corrected chi connectivity index (χ2v) is 6.26. The molecule has 0 radical (unpaired) electrons. The molecule has 0 aliphatic heterocycles. The Hall–Kier alpha value is -2.32. The van der Waals surface area contributed by atoms with E-state index >= 15 is 0 Å². The maximum atomic E-state index is 11.8. The van der Waals surface area contributed by atoms with Crippen molar-refractivity contribution in [3.8, 4) is 5.75 Å². The third-order valence-electron chi connectivity index (χ3n) is 2.84. The van der Waals surface area contributed by atoms with Crippen LogP contribution in [0.2, 0.25) is 5.02 Å². The van der Waals surface area contributed by atoms with Gasteiger partial charge in [0.05, 0.1) is 29.3 Å². The normalized spacial score (nSPS) is 11.2. The highest BCUT2D eigenvalue weighted by Crippen LogP contribution is 2.27. The van der Waals surface area contributed by atoms with Gasteiger partial charge in [-0.25, -0.2) is 4.98 Å². The van der Waals surface area contributed by atoms with Crippen LogP contribution in [-0.2, 0) is 16.1 Å². The van der Waals surface area contributed by atoms with Crippen molar-refractivity contribution in [2.75, 3.05) is 19.0 Å². The molecule has 0 spiro atoms. The van der Waals surface area contributed by atoms with Crippen LogP contribution in [0, 0.1) is 6.92 Å². The average molecular weight is 369 g/mol. The SMILES string of the molecule is COc1ccc(NC(=O)CO/N=C(/N)Cc2csc(C)n2)cc1Cl. The second kappa shape index (κ2) is 8.51. The van der Waals surface area contributed by atoms with Crippen molar-refractivity contribution in [1.82, 2.24) is 4.98 Å². The molecular formula is C15H17ClN4O3S. The number of aryl methyl sites for hydroxylation is 1. The Morgan fingerprint density at radius 2 is 2.29 bits per heavy atom. The average Bonchev–Trinajstić information content (AvgIpc) is 2.92. The summed E-state index contributed by atoms with van der Waals surface area (Å²) in [5.74, 6) is 0.401. The number of halogens is 1. The van der Waals surface area contributed by atoms with Crippen LogP contribution in [0.5, 0.6) is 5.75 Å². The molecule has 0 saturated heterocycles. The Labute approximate surface area is 148 Å². The largest absolute Gasteiger partial charge is 0.495 e. The van der Waals surface area contributed by atoms with Gasteiger partial charge in [0.1, 0.15) is 11.6 Å². The first-order valence-corrected chi connectivity index (χ1v) is 8.22. The molecule has 1 heterocycles. The summed E-state index contributed by atoms with van der Waals surface area (Å²) in [6.07, 6.45) is 0.375. The number of nitrogens with two attached hydrogens (primary N) is 1. The van der Waals surface area contributed by atoms with E-state index in [1.54, 1.807) is 18.2 Å². The highest BCUT2D eigenvalue weighted by Gasteiger charge is 2.07. The van der Waals surface area contributed by atoms with E-state index in [0.717, 1.165) is 10.7 Å². The lowest BCUT2D eigenvalue weighted by Gasteiger charge is -2.07. The molecule has 7 nitrogen and oxygen atoms in total. The number of carbonyl (C=O) groups is 1. The predicted octanol–water partition coefficient (Wildman–Crippen LogP) is 2.58. The van der Waals surface area contributed by atoms with Gasteiger partial charge in [-0.05, 0) is 25.1 Å². The maximum absolute atomic E-state index is 11.8. The van der Waals surface area contributed by atoms with Crippen molar-refractivity contribution >= 4 is 40.4 Å². The number of rotatable bonds is 7. The lowest BCUT2D eigenvalue weighted by molar-refractivity contribution is -0.120. The molecule has 3 N–H and O–H groups in total. The van der Waals surface area contributed by atoms with E-state index in [1.807, 2.05) is 12.3 Å². The minimum Gasteiger partial charge on any atom is -0.495 e. The molecule has 1 aromatic heterocycles. The van der Waals surface area contributed by atoms with E-state index in [9.17, 15) is 4.79 Å². The number of hydrogen-bond acceptors (Lipinski definition) is 6. The Morgan fingerprint density at radius 1 is 1.50 bits per heavy atom. The van der Waals surface area contributed by atoms with E-state index in [2.05, 4.69) is 15.5 Å². The van der Waals surface area contributed by atoms with Gasteiger partial charge in [0, 0.05) is 11.1 Å². The summed E-state index contributed by atoms with van der Waals surface area (Å²) in [5.41, 5.74) is 7.08. The van der Waals surface area contributed by atoms with E-state index in [4.69, 9.17) is 26.9 Å². The lowest BCUT2D eigenvalue weighted by atomic mass is 10.3. The highest BCUT2D eigenvalue weighted by molar-refractivity contribution is 7.09. The van der Waals surface area contributed by atoms with Crippen molar-refractivity contribution in [2.24, 2.45) is 10.9 Å². The molecule has 2 aromatic rings. The van der Waals surface area contributed by atoms with E-state index < -0.39 is 0 Å². The summed E-state index contributed by atoms with van der Waals surface area (Å²) in [6.45, 7) is 1.65. The number of oxime groups is 1. The monoisotopic (exact) mass is 368 g/mol. The van der Waals surface area contributed by atoms with Crippen LogP contribution in [-0.4, -0.2) is 30.4 Å². The Balaban J connectivity index is 1.80. The minimum atomic E-state index is -0.378. The van der Waals surface area contributed by atoms with Gasteiger partial charge in [-0.3, -0.25) is 4.79 Å². The van der Waals surface area contributed by atoms with Gasteiger partial charge in [0.2, 0.25) is 0 Å². The number of hydrogen-bond donors (Lipinski definition) is 2. The Bertz CT molecular complexity index is 748. The Kier molecular flexibility index (Phi) is 6.39. The molecular weight excluding hydrogens is 352 g/mol. The summed E-state index contributed by atoms with van der Waals surface area (Å²) >= 11 is 7.52. The van der Waals surface area contributed by atoms with Gasteiger partial charge in [0.25, 0.3) is 5.91 Å². The zero-order valence-electron chi connectivity index (χ0n) is 13.2. The first-order valence-electron chi connectivity index (χ1n) is 6.96. The van der Waals surface area contributed by atoms with Crippen molar-refractivity contribution < 1.29 is 14.4 Å². The van der Waals surface area contributed by atoms with Gasteiger partial charge < -0.3 is 20.6 Å². The fraction of sp³-hybridized carbons (Fsp3) is 0.267. The van der Waals surface area contributed by atoms with Crippen LogP contribution in [0.3, 0.4) is 0 Å². The molecule has 0 aliphatic carbocycles. The number of carbonyl (C=O) groups excluding carboxylic acids is 1. The van der Waals surface area contributed by atoms with Crippen molar-refractivity contribution in [3.05, 3.63) is 39.3 Å². The zero-order chi connectivity index (χ0) is 17.5. The summed E-state index contributed by atoms with van der Waals surface area (Å²) in [7, 11) is 1.52. The summed E-state index contributed by atoms with van der Waals surface area (Å²) in [5, 5.41) is 9.60. The summed E-state index contributed by atoms with van der Waals surface area (Å²) in [4.78, 5) is 21.0. The van der Waals surface area contributed by atoms with E-state index in [1.165, 1.54) is 18.4 Å². The molecule has 2 rings (SSSR count). The molecule has 128 valence electrons. The first-order chi connectivity index (χ1) is 11.5. The molecule has 24 heavy (non-hydrogen) atoms. The molecule has 0 unspecified atom stereocenters. The first kappa shape index (κ1) is 18.0. The fourth-order valence-corrected chi connectivity index (χ4v) is 2.69. The summed E-state index contributed by atoms with van der Waals surface area (Å²) < 4.78 is 5.04. The number of methoxy groups -OCH3 is 1. The number of anilines is 1. The fourth-order valence-electron chi connectivity index (χ4n) is 1.82. The minimum absolute atomic E-state index is 0.251. The Morgan fingerprint density at radius 3 is 2.92 bits per heavy atom. The molecule has 0 atom stereocenters. The van der Waals surface area contributed by atoms with Crippen LogP contribution < -0.4 is 15.8 Å². The lowest BCUT2D eigenvalue weighted by Crippen LogP contribution is -2.20. The van der Waals surface area contributed by atoms with Gasteiger partial charge in [-0.2, -0.15) is 0 Å². The molecule has 9 heteroatoms. The standard InChI is InChI=1S/C15H17ClN4O3S/c1-9-18-11(8-24-9)6-14(17)20-23-7-15(21)19-10-3-4-13(22-2)12(16)5-10/h3-5,8H,6-7H2,1-2H3,(H2,17,20)(H,19,21). The number of amidine groups is 1. The number of thiazole rings is 1. The van der Waals surface area contributed by atoms with Gasteiger partial charge in [-0.15, -0.1) is 11.3 Å². The number of benzene rings is 1. The van der Waals surface area contributed by atoms with Crippen molar-refractivity contribution in [2.45, 2.75) is 13.3 Å². The third kappa shape index (κ3) is 5.39. The molecule has 0 aliphatic rings. The number of ether oxygens (including phenoxy) is 1. The van der Waals surface area contributed by atoms with E-state index in [-0.39, 0.29) is 18.3 Å². The van der Waals surface area contributed by atoms with Crippen LogP contribution >= 0.6 is 22.9 Å². The summed E-state index contributed by atoms with van der Waals surface area (Å²) in [6, 6.07) is 4.91. The molecule has 0 saturated carbocycles. The number of nitrogens with zero attached hydrogens (tertiary/aromatic N) is 2. The third-order valence-corrected chi connectivity index (χ3v) is 3.96. The number of amides is 1.